The number of amides is 1. The lowest BCUT2D eigenvalue weighted by molar-refractivity contribution is -0.143. The Balaban J connectivity index is 1.56. The van der Waals surface area contributed by atoms with Gasteiger partial charge in [-0.25, -0.2) is 0 Å². The number of likely N-dealkylation sites (tertiary alicyclic amines) is 1. The Morgan fingerprint density at radius 3 is 2.17 bits per heavy atom. The maximum absolute atomic E-state index is 12.5. The molecule has 1 saturated heterocycles. The standard InChI is InChI=1S/C18H23NO4/c20-17(19-11-9-14(10-12-19)18(21)22)13-5-7-16(8-6-13)23-15-3-1-2-4-15/h5-8,14-15H,1-4,9-12H2,(H,21,22). The molecule has 1 aromatic rings. The van der Waals surface area contributed by atoms with Crippen molar-refractivity contribution in [1.82, 2.24) is 4.90 Å². The normalized spacial score (nSPS) is 19.7. The molecular weight excluding hydrogens is 294 g/mol. The highest BCUT2D eigenvalue weighted by molar-refractivity contribution is 5.94. The third-order valence-electron chi connectivity index (χ3n) is 4.84. The molecule has 1 heterocycles. The molecule has 1 saturated carbocycles. The third-order valence-corrected chi connectivity index (χ3v) is 4.84. The maximum atomic E-state index is 12.5. The lowest BCUT2D eigenvalue weighted by Crippen LogP contribution is -2.40. The number of carbonyl (C=O) groups is 2. The highest BCUT2D eigenvalue weighted by Gasteiger charge is 2.27. The van der Waals surface area contributed by atoms with Gasteiger partial charge in [-0.05, 0) is 62.8 Å². The van der Waals surface area contributed by atoms with Crippen molar-refractivity contribution >= 4 is 11.9 Å². The third kappa shape index (κ3) is 3.84. The number of rotatable bonds is 4. The number of aliphatic carboxylic acids is 1. The van der Waals surface area contributed by atoms with Crippen molar-refractivity contribution in [3.8, 4) is 5.75 Å². The Labute approximate surface area is 136 Å². The molecule has 23 heavy (non-hydrogen) atoms. The van der Waals surface area contributed by atoms with Crippen LogP contribution in [-0.2, 0) is 4.79 Å². The van der Waals surface area contributed by atoms with Gasteiger partial charge >= 0.3 is 5.97 Å². The molecule has 5 nitrogen and oxygen atoms in total. The molecular formula is C18H23NO4. The molecule has 1 aliphatic carbocycles. The minimum absolute atomic E-state index is 0.0266. The van der Waals surface area contributed by atoms with Gasteiger partial charge in [-0.15, -0.1) is 0 Å². The van der Waals surface area contributed by atoms with E-state index in [1.165, 1.54) is 12.8 Å². The Bertz CT molecular complexity index is 555. The van der Waals surface area contributed by atoms with Crippen molar-refractivity contribution in [2.75, 3.05) is 13.1 Å². The van der Waals surface area contributed by atoms with Crippen LogP contribution in [0.15, 0.2) is 24.3 Å². The van der Waals surface area contributed by atoms with Crippen molar-refractivity contribution < 1.29 is 19.4 Å². The zero-order valence-corrected chi connectivity index (χ0v) is 13.2. The van der Waals surface area contributed by atoms with E-state index in [4.69, 9.17) is 9.84 Å². The fourth-order valence-corrected chi connectivity index (χ4v) is 3.39. The average molecular weight is 317 g/mol. The van der Waals surface area contributed by atoms with E-state index >= 15 is 0 Å². The first kappa shape index (κ1) is 15.8. The summed E-state index contributed by atoms with van der Waals surface area (Å²) in [5, 5.41) is 9.01. The zero-order valence-electron chi connectivity index (χ0n) is 13.2. The lowest BCUT2D eigenvalue weighted by atomic mass is 9.96. The van der Waals surface area contributed by atoms with Gasteiger partial charge < -0.3 is 14.7 Å². The van der Waals surface area contributed by atoms with Gasteiger partial charge in [0.2, 0.25) is 0 Å². The van der Waals surface area contributed by atoms with E-state index in [0.29, 0.717) is 37.6 Å². The Hall–Kier alpha value is -2.04. The van der Waals surface area contributed by atoms with E-state index in [-0.39, 0.29) is 11.8 Å². The topological polar surface area (TPSA) is 66.8 Å². The number of hydrogen-bond acceptors (Lipinski definition) is 3. The fourth-order valence-electron chi connectivity index (χ4n) is 3.39. The molecule has 1 N–H and O–H groups in total. The summed E-state index contributed by atoms with van der Waals surface area (Å²) < 4.78 is 5.91. The van der Waals surface area contributed by atoms with Crippen LogP contribution in [-0.4, -0.2) is 41.1 Å². The van der Waals surface area contributed by atoms with E-state index in [0.717, 1.165) is 18.6 Å². The quantitative estimate of drug-likeness (QED) is 0.927. The second-order valence-electron chi connectivity index (χ2n) is 6.45. The molecule has 5 heteroatoms. The molecule has 0 atom stereocenters. The minimum atomic E-state index is -0.759. The summed E-state index contributed by atoms with van der Waals surface area (Å²) in [6.45, 7) is 1.02. The number of benzene rings is 1. The fraction of sp³-hybridized carbons (Fsp3) is 0.556. The highest BCUT2D eigenvalue weighted by atomic mass is 16.5. The Morgan fingerprint density at radius 1 is 1.00 bits per heavy atom. The number of carbonyl (C=O) groups excluding carboxylic acids is 1. The van der Waals surface area contributed by atoms with E-state index in [1.807, 2.05) is 12.1 Å². The largest absolute Gasteiger partial charge is 0.490 e. The lowest BCUT2D eigenvalue weighted by Gasteiger charge is -2.30. The highest BCUT2D eigenvalue weighted by Crippen LogP contribution is 2.25. The molecule has 1 amide bonds. The number of carboxylic acids is 1. The van der Waals surface area contributed by atoms with Gasteiger partial charge in [0.25, 0.3) is 5.91 Å². The van der Waals surface area contributed by atoms with Crippen LogP contribution in [0.1, 0.15) is 48.9 Å². The summed E-state index contributed by atoms with van der Waals surface area (Å²) in [5.74, 6) is -0.286. The first-order valence-electron chi connectivity index (χ1n) is 8.42. The molecule has 0 spiro atoms. The van der Waals surface area contributed by atoms with Crippen molar-refractivity contribution in [3.63, 3.8) is 0 Å². The monoisotopic (exact) mass is 317 g/mol. The smallest absolute Gasteiger partial charge is 0.306 e. The molecule has 1 aliphatic heterocycles. The molecule has 0 unspecified atom stereocenters. The minimum Gasteiger partial charge on any atom is -0.490 e. The average Bonchev–Trinajstić information content (AvgIpc) is 3.08. The van der Waals surface area contributed by atoms with Crippen LogP contribution >= 0.6 is 0 Å². The van der Waals surface area contributed by atoms with Crippen LogP contribution in [0.25, 0.3) is 0 Å². The Kier molecular flexibility index (Phi) is 4.84. The summed E-state index contributed by atoms with van der Waals surface area (Å²) in [6.07, 6.45) is 6.06. The maximum Gasteiger partial charge on any atom is 0.306 e. The summed E-state index contributed by atoms with van der Waals surface area (Å²) >= 11 is 0. The van der Waals surface area contributed by atoms with Crippen molar-refractivity contribution in [2.24, 2.45) is 5.92 Å². The SMILES string of the molecule is O=C(O)C1CCN(C(=O)c2ccc(OC3CCCC3)cc2)CC1. The predicted molar refractivity (Wildman–Crippen MR) is 85.6 cm³/mol. The summed E-state index contributed by atoms with van der Waals surface area (Å²) in [5.41, 5.74) is 0.637. The van der Waals surface area contributed by atoms with Crippen LogP contribution in [0.2, 0.25) is 0 Å². The predicted octanol–water partition coefficient (Wildman–Crippen LogP) is 2.94. The van der Waals surface area contributed by atoms with Crippen LogP contribution in [0, 0.1) is 5.92 Å². The Morgan fingerprint density at radius 2 is 1.61 bits per heavy atom. The van der Waals surface area contributed by atoms with Gasteiger partial charge in [0.1, 0.15) is 5.75 Å². The van der Waals surface area contributed by atoms with Gasteiger partial charge in [-0.1, -0.05) is 0 Å². The van der Waals surface area contributed by atoms with Crippen molar-refractivity contribution in [3.05, 3.63) is 29.8 Å². The van der Waals surface area contributed by atoms with E-state index in [1.54, 1.807) is 17.0 Å². The summed E-state index contributed by atoms with van der Waals surface area (Å²) in [4.78, 5) is 25.2. The van der Waals surface area contributed by atoms with Crippen LogP contribution < -0.4 is 4.74 Å². The van der Waals surface area contributed by atoms with Gasteiger partial charge in [0.15, 0.2) is 0 Å². The van der Waals surface area contributed by atoms with Crippen molar-refractivity contribution in [1.29, 1.82) is 0 Å². The van der Waals surface area contributed by atoms with Gasteiger partial charge in [0.05, 0.1) is 12.0 Å². The van der Waals surface area contributed by atoms with Crippen molar-refractivity contribution in [2.45, 2.75) is 44.6 Å². The number of carboxylic acid groups (broad SMARTS) is 1. The van der Waals surface area contributed by atoms with Crippen LogP contribution in [0.5, 0.6) is 5.75 Å². The molecule has 2 aliphatic rings. The number of piperidine rings is 1. The first-order valence-corrected chi connectivity index (χ1v) is 8.42. The van der Waals surface area contributed by atoms with Crippen LogP contribution in [0.4, 0.5) is 0 Å². The van der Waals surface area contributed by atoms with E-state index in [9.17, 15) is 9.59 Å². The molecule has 0 radical (unpaired) electrons. The van der Waals surface area contributed by atoms with Crippen LogP contribution in [0.3, 0.4) is 0 Å². The summed E-state index contributed by atoms with van der Waals surface area (Å²) in [6, 6.07) is 7.32. The van der Waals surface area contributed by atoms with Gasteiger partial charge in [-0.2, -0.15) is 0 Å². The summed E-state index contributed by atoms with van der Waals surface area (Å²) in [7, 11) is 0. The molecule has 2 fully saturated rings. The first-order chi connectivity index (χ1) is 11.1. The van der Waals surface area contributed by atoms with Gasteiger partial charge in [0, 0.05) is 18.7 Å². The molecule has 1 aromatic carbocycles. The van der Waals surface area contributed by atoms with Gasteiger partial charge in [-0.3, -0.25) is 9.59 Å². The molecule has 0 aromatic heterocycles. The zero-order chi connectivity index (χ0) is 16.2. The molecule has 3 rings (SSSR count). The van der Waals surface area contributed by atoms with E-state index in [2.05, 4.69) is 0 Å². The number of nitrogens with zero attached hydrogens (tertiary/aromatic N) is 1. The van der Waals surface area contributed by atoms with E-state index < -0.39 is 5.97 Å². The number of hydrogen-bond donors (Lipinski definition) is 1. The molecule has 124 valence electrons. The molecule has 0 bridgehead atoms. The second kappa shape index (κ2) is 7.02. The number of ether oxygens (including phenoxy) is 1. The second-order valence-corrected chi connectivity index (χ2v) is 6.45.